The van der Waals surface area contributed by atoms with Gasteiger partial charge in [-0.2, -0.15) is 0 Å². The molecule has 2 saturated heterocycles. The summed E-state index contributed by atoms with van der Waals surface area (Å²) in [5.74, 6) is 0.687. The Balaban J connectivity index is 1.36. The van der Waals surface area contributed by atoms with Crippen molar-refractivity contribution in [3.05, 3.63) is 40.8 Å². The zero-order valence-electron chi connectivity index (χ0n) is 14.3. The number of likely N-dealkylation sites (tertiary alicyclic amines) is 1. The van der Waals surface area contributed by atoms with Crippen molar-refractivity contribution in [2.24, 2.45) is 0 Å². The fourth-order valence-corrected chi connectivity index (χ4v) is 5.94. The fraction of sp³-hybridized carbons (Fsp3) is 0.444. The first-order chi connectivity index (χ1) is 12.7. The maximum absolute atomic E-state index is 12.6. The van der Waals surface area contributed by atoms with Crippen LogP contribution in [0.1, 0.15) is 25.0 Å². The van der Waals surface area contributed by atoms with E-state index >= 15 is 0 Å². The van der Waals surface area contributed by atoms with Crippen molar-refractivity contribution in [2.75, 3.05) is 18.4 Å². The quantitative estimate of drug-likeness (QED) is 0.869. The van der Waals surface area contributed by atoms with Crippen molar-refractivity contribution >= 4 is 33.9 Å². The normalized spacial score (nSPS) is 24.9. The third kappa shape index (κ3) is 3.91. The number of thiazole rings is 1. The number of fused-ring (bicyclic) bond motifs is 2. The van der Waals surface area contributed by atoms with Gasteiger partial charge in [0, 0.05) is 46.3 Å². The van der Waals surface area contributed by atoms with Crippen LogP contribution in [0.3, 0.4) is 0 Å². The number of carbonyl (C=O) groups is 1. The van der Waals surface area contributed by atoms with Crippen LogP contribution in [0.5, 0.6) is 5.75 Å². The lowest BCUT2D eigenvalue weighted by molar-refractivity contribution is 0.209. The Labute approximate surface area is 159 Å². The number of anilines is 1. The Morgan fingerprint density at radius 2 is 2.23 bits per heavy atom. The number of hydrogen-bond acceptors (Lipinski definition) is 5. The molecule has 4 rings (SSSR count). The van der Waals surface area contributed by atoms with Crippen LogP contribution in [0.25, 0.3) is 0 Å². The summed E-state index contributed by atoms with van der Waals surface area (Å²) in [6.07, 6.45) is 2.82. The first-order valence-electron chi connectivity index (χ1n) is 8.74. The summed E-state index contributed by atoms with van der Waals surface area (Å²) in [6.45, 7) is 1.65. The summed E-state index contributed by atoms with van der Waals surface area (Å²) in [5.41, 5.74) is 3.36. The van der Waals surface area contributed by atoms with Crippen LogP contribution in [0.2, 0.25) is 0 Å². The zero-order chi connectivity index (χ0) is 17.9. The second-order valence-electron chi connectivity index (χ2n) is 6.61. The Kier molecular flexibility index (Phi) is 5.21. The molecule has 3 atom stereocenters. The SMILES string of the molecule is O=C(Nc1cccc(OCc2cscn2)c1)N1CCC2CCC(C1)S2=O. The molecule has 138 valence electrons. The number of nitrogens with one attached hydrogen (secondary N) is 1. The molecule has 2 fully saturated rings. The standard InChI is InChI=1S/C18H21N3O3S2/c22-18(21-7-6-16-4-5-17(9-21)26(16)23)20-13-2-1-3-15(8-13)24-10-14-11-25-12-19-14/h1-3,8,11-12,16-17H,4-7,9-10H2,(H,20,22). The van der Waals surface area contributed by atoms with Crippen molar-refractivity contribution < 1.29 is 13.7 Å². The van der Waals surface area contributed by atoms with Crippen molar-refractivity contribution in [1.29, 1.82) is 0 Å². The number of aromatic nitrogens is 1. The van der Waals surface area contributed by atoms with Gasteiger partial charge in [-0.1, -0.05) is 6.07 Å². The van der Waals surface area contributed by atoms with Gasteiger partial charge < -0.3 is 15.0 Å². The molecule has 1 N–H and O–H groups in total. The molecule has 2 bridgehead atoms. The highest BCUT2D eigenvalue weighted by atomic mass is 32.2. The number of ether oxygens (including phenoxy) is 1. The summed E-state index contributed by atoms with van der Waals surface area (Å²) in [6, 6.07) is 7.23. The van der Waals surface area contributed by atoms with Crippen molar-refractivity contribution in [3.63, 3.8) is 0 Å². The van der Waals surface area contributed by atoms with E-state index in [1.807, 2.05) is 29.6 Å². The molecule has 2 aliphatic rings. The topological polar surface area (TPSA) is 71.5 Å². The second kappa shape index (κ2) is 7.75. The summed E-state index contributed by atoms with van der Waals surface area (Å²) < 4.78 is 18.0. The van der Waals surface area contributed by atoms with Crippen LogP contribution < -0.4 is 10.1 Å². The number of carbonyl (C=O) groups excluding carboxylic acids is 1. The molecule has 3 unspecified atom stereocenters. The summed E-state index contributed by atoms with van der Waals surface area (Å²) >= 11 is 1.53. The first-order valence-corrected chi connectivity index (χ1v) is 11.0. The van der Waals surface area contributed by atoms with Gasteiger partial charge in [0.15, 0.2) is 0 Å². The van der Waals surface area contributed by atoms with E-state index in [0.717, 1.165) is 25.0 Å². The number of nitrogens with zero attached hydrogens (tertiary/aromatic N) is 2. The van der Waals surface area contributed by atoms with E-state index in [1.54, 1.807) is 10.4 Å². The monoisotopic (exact) mass is 391 g/mol. The van der Waals surface area contributed by atoms with Gasteiger partial charge in [-0.05, 0) is 31.4 Å². The summed E-state index contributed by atoms with van der Waals surface area (Å²) in [7, 11) is -0.788. The molecule has 0 spiro atoms. The van der Waals surface area contributed by atoms with Crippen molar-refractivity contribution in [2.45, 2.75) is 36.4 Å². The Hall–Kier alpha value is -1.93. The maximum Gasteiger partial charge on any atom is 0.321 e. The van der Waals surface area contributed by atoms with Gasteiger partial charge >= 0.3 is 6.03 Å². The number of hydrogen-bond donors (Lipinski definition) is 1. The van der Waals surface area contributed by atoms with Gasteiger partial charge in [0.25, 0.3) is 0 Å². The molecule has 8 heteroatoms. The van der Waals surface area contributed by atoms with E-state index in [0.29, 0.717) is 31.1 Å². The number of benzene rings is 1. The molecule has 0 aliphatic carbocycles. The highest BCUT2D eigenvalue weighted by Gasteiger charge is 2.38. The zero-order valence-corrected chi connectivity index (χ0v) is 15.9. The van der Waals surface area contributed by atoms with E-state index in [1.165, 1.54) is 11.3 Å². The highest BCUT2D eigenvalue weighted by Crippen LogP contribution is 2.30. The van der Waals surface area contributed by atoms with Crippen LogP contribution in [-0.2, 0) is 17.4 Å². The van der Waals surface area contributed by atoms with Crippen molar-refractivity contribution in [1.82, 2.24) is 9.88 Å². The van der Waals surface area contributed by atoms with Gasteiger partial charge in [-0.25, -0.2) is 9.78 Å². The average molecular weight is 392 g/mol. The number of urea groups is 1. The Morgan fingerprint density at radius 3 is 3.08 bits per heavy atom. The molecule has 1 aromatic carbocycles. The third-order valence-electron chi connectivity index (χ3n) is 4.86. The molecule has 0 saturated carbocycles. The molecule has 2 amide bonds. The van der Waals surface area contributed by atoms with E-state index in [4.69, 9.17) is 4.74 Å². The van der Waals surface area contributed by atoms with E-state index in [-0.39, 0.29) is 16.5 Å². The predicted molar refractivity (Wildman–Crippen MR) is 103 cm³/mol. The molecule has 0 radical (unpaired) electrons. The van der Waals surface area contributed by atoms with Crippen LogP contribution in [0.4, 0.5) is 10.5 Å². The Bertz CT molecular complexity index is 797. The van der Waals surface area contributed by atoms with E-state index < -0.39 is 10.8 Å². The van der Waals surface area contributed by atoms with Gasteiger partial charge in [0.1, 0.15) is 12.4 Å². The lowest BCUT2D eigenvalue weighted by Gasteiger charge is -2.24. The maximum atomic E-state index is 12.6. The first kappa shape index (κ1) is 17.5. The third-order valence-corrected chi connectivity index (χ3v) is 7.66. The van der Waals surface area contributed by atoms with E-state index in [9.17, 15) is 9.00 Å². The van der Waals surface area contributed by atoms with Gasteiger partial charge in [0.2, 0.25) is 0 Å². The van der Waals surface area contributed by atoms with E-state index in [2.05, 4.69) is 10.3 Å². The van der Waals surface area contributed by atoms with Crippen LogP contribution in [0.15, 0.2) is 35.2 Å². The van der Waals surface area contributed by atoms with Crippen LogP contribution in [0, 0.1) is 0 Å². The molecule has 6 nitrogen and oxygen atoms in total. The van der Waals surface area contributed by atoms with Gasteiger partial charge in [-0.3, -0.25) is 4.21 Å². The molecule has 3 heterocycles. The molecular formula is C18H21N3O3S2. The number of rotatable bonds is 4. The van der Waals surface area contributed by atoms with Gasteiger partial charge in [-0.15, -0.1) is 11.3 Å². The van der Waals surface area contributed by atoms with Crippen LogP contribution in [-0.4, -0.2) is 43.7 Å². The van der Waals surface area contributed by atoms with Crippen molar-refractivity contribution in [3.8, 4) is 5.75 Å². The molecular weight excluding hydrogens is 370 g/mol. The highest BCUT2D eigenvalue weighted by molar-refractivity contribution is 7.86. The van der Waals surface area contributed by atoms with Crippen LogP contribution >= 0.6 is 11.3 Å². The van der Waals surface area contributed by atoms with Gasteiger partial charge in [0.05, 0.1) is 16.5 Å². The minimum absolute atomic E-state index is 0.126. The average Bonchev–Trinajstić information content (AvgIpc) is 3.22. The lowest BCUT2D eigenvalue weighted by Crippen LogP contribution is -2.40. The minimum Gasteiger partial charge on any atom is -0.487 e. The molecule has 2 aliphatic heterocycles. The Morgan fingerprint density at radius 1 is 1.35 bits per heavy atom. The largest absolute Gasteiger partial charge is 0.487 e. The fourth-order valence-electron chi connectivity index (χ4n) is 3.46. The lowest BCUT2D eigenvalue weighted by atomic mass is 10.1. The predicted octanol–water partition coefficient (Wildman–Crippen LogP) is 3.24. The smallest absolute Gasteiger partial charge is 0.321 e. The molecule has 26 heavy (non-hydrogen) atoms. The molecule has 1 aromatic heterocycles. The summed E-state index contributed by atoms with van der Waals surface area (Å²) in [5, 5.41) is 5.28. The molecule has 2 aromatic rings. The number of amides is 2. The second-order valence-corrected chi connectivity index (χ2v) is 9.32. The minimum atomic E-state index is -0.788. The summed E-state index contributed by atoms with van der Waals surface area (Å²) in [4.78, 5) is 18.6.